The van der Waals surface area contributed by atoms with Crippen LogP contribution in [0.25, 0.3) is 0 Å². The van der Waals surface area contributed by atoms with Gasteiger partial charge in [-0.2, -0.15) is 0 Å². The van der Waals surface area contributed by atoms with Gasteiger partial charge in [0.05, 0.1) is 5.60 Å². The van der Waals surface area contributed by atoms with Crippen LogP contribution in [0.3, 0.4) is 0 Å². The van der Waals surface area contributed by atoms with Crippen LogP contribution in [0.2, 0.25) is 0 Å². The summed E-state index contributed by atoms with van der Waals surface area (Å²) in [6.07, 6.45) is 4.05. The molecule has 1 aliphatic rings. The number of hydrogen-bond acceptors (Lipinski definition) is 3. The van der Waals surface area contributed by atoms with Gasteiger partial charge in [0.15, 0.2) is 6.29 Å². The maximum atomic E-state index is 9.63. The maximum absolute atomic E-state index is 9.63. The number of aliphatic hydroxyl groups is 1. The highest BCUT2D eigenvalue weighted by Gasteiger charge is 2.30. The molecule has 0 radical (unpaired) electrons. The lowest BCUT2D eigenvalue weighted by Gasteiger charge is -2.35. The van der Waals surface area contributed by atoms with E-state index in [-0.39, 0.29) is 18.8 Å². The molecule has 1 aromatic rings. The molecule has 2 atom stereocenters. The summed E-state index contributed by atoms with van der Waals surface area (Å²) in [5.74, 6) is 0.163. The van der Waals surface area contributed by atoms with Crippen LogP contribution in [0.15, 0.2) is 24.3 Å². The topological polar surface area (TPSA) is 38.7 Å². The van der Waals surface area contributed by atoms with Gasteiger partial charge in [0.2, 0.25) is 0 Å². The smallest absolute Gasteiger partial charge is 0.158 e. The highest BCUT2D eigenvalue weighted by molar-refractivity contribution is 5.34. The second-order valence-electron chi connectivity index (χ2n) is 6.30. The summed E-state index contributed by atoms with van der Waals surface area (Å²) < 4.78 is 12.0. The highest BCUT2D eigenvalue weighted by Crippen LogP contribution is 2.35. The van der Waals surface area contributed by atoms with Gasteiger partial charge < -0.3 is 14.6 Å². The molecular formula is C18H28O3. The zero-order valence-electron chi connectivity index (χ0n) is 13.5. The lowest BCUT2D eigenvalue weighted by molar-refractivity contribution is -0.219. The molecule has 3 nitrogen and oxygen atoms in total. The van der Waals surface area contributed by atoms with Gasteiger partial charge in [-0.3, -0.25) is 0 Å². The molecule has 3 heteroatoms. The van der Waals surface area contributed by atoms with Gasteiger partial charge in [-0.1, -0.05) is 31.2 Å². The average molecular weight is 292 g/mol. The first-order valence-corrected chi connectivity index (χ1v) is 8.08. The quantitative estimate of drug-likeness (QED) is 0.862. The molecule has 0 aromatic heterocycles. The van der Waals surface area contributed by atoms with Crippen molar-refractivity contribution in [3.8, 4) is 0 Å². The van der Waals surface area contributed by atoms with Crippen LogP contribution in [0.5, 0.6) is 0 Å². The van der Waals surface area contributed by atoms with Crippen LogP contribution in [0, 0.1) is 0 Å². The van der Waals surface area contributed by atoms with Gasteiger partial charge >= 0.3 is 0 Å². The summed E-state index contributed by atoms with van der Waals surface area (Å²) in [5.41, 5.74) is 1.92. The second-order valence-corrected chi connectivity index (χ2v) is 6.30. The SMILES string of the molecule is CCC(CO)c1ccccc1C(C)(C)OC1CCCCO1. The molecule has 1 aliphatic heterocycles. The zero-order chi connectivity index (χ0) is 15.3. The average Bonchev–Trinajstić information content (AvgIpc) is 2.49. The van der Waals surface area contributed by atoms with Crippen molar-refractivity contribution in [2.24, 2.45) is 0 Å². The minimum atomic E-state index is -0.415. The van der Waals surface area contributed by atoms with Crippen molar-refractivity contribution in [2.75, 3.05) is 13.2 Å². The molecule has 2 unspecified atom stereocenters. The molecule has 118 valence electrons. The maximum Gasteiger partial charge on any atom is 0.158 e. The molecule has 1 fully saturated rings. The summed E-state index contributed by atoms with van der Waals surface area (Å²) in [6, 6.07) is 8.28. The van der Waals surface area contributed by atoms with E-state index in [9.17, 15) is 5.11 Å². The Morgan fingerprint density at radius 3 is 2.71 bits per heavy atom. The van der Waals surface area contributed by atoms with E-state index >= 15 is 0 Å². The van der Waals surface area contributed by atoms with E-state index in [1.54, 1.807) is 0 Å². The van der Waals surface area contributed by atoms with Crippen molar-refractivity contribution in [3.63, 3.8) is 0 Å². The summed E-state index contributed by atoms with van der Waals surface area (Å²) in [4.78, 5) is 0. The van der Waals surface area contributed by atoms with Crippen molar-refractivity contribution in [1.29, 1.82) is 0 Å². The fourth-order valence-electron chi connectivity index (χ4n) is 3.04. The van der Waals surface area contributed by atoms with Crippen LogP contribution in [0.1, 0.15) is 63.5 Å². The fraction of sp³-hybridized carbons (Fsp3) is 0.667. The fourth-order valence-corrected chi connectivity index (χ4v) is 3.04. The van der Waals surface area contributed by atoms with Crippen LogP contribution in [-0.4, -0.2) is 24.6 Å². The molecule has 1 saturated heterocycles. The van der Waals surface area contributed by atoms with Crippen LogP contribution >= 0.6 is 0 Å². The summed E-state index contributed by atoms with van der Waals surface area (Å²) >= 11 is 0. The van der Waals surface area contributed by atoms with E-state index in [1.165, 1.54) is 5.56 Å². The van der Waals surface area contributed by atoms with Crippen LogP contribution in [0.4, 0.5) is 0 Å². The zero-order valence-corrected chi connectivity index (χ0v) is 13.5. The third kappa shape index (κ3) is 4.06. The molecule has 2 rings (SSSR count). The van der Waals surface area contributed by atoms with E-state index in [0.29, 0.717) is 0 Å². The van der Waals surface area contributed by atoms with Crippen molar-refractivity contribution in [3.05, 3.63) is 35.4 Å². The van der Waals surface area contributed by atoms with Crippen molar-refractivity contribution in [2.45, 2.75) is 64.3 Å². The summed E-state index contributed by atoms with van der Waals surface area (Å²) in [6.45, 7) is 7.25. The second kappa shape index (κ2) is 7.39. The highest BCUT2D eigenvalue weighted by atomic mass is 16.7. The molecular weight excluding hydrogens is 264 g/mol. The van der Waals surface area contributed by atoms with Crippen molar-refractivity contribution < 1.29 is 14.6 Å². The Kier molecular flexibility index (Phi) is 5.80. The third-order valence-electron chi connectivity index (χ3n) is 4.33. The first kappa shape index (κ1) is 16.5. The Labute approximate surface area is 128 Å². The van der Waals surface area contributed by atoms with Gasteiger partial charge in [-0.15, -0.1) is 0 Å². The lowest BCUT2D eigenvalue weighted by atomic mass is 9.85. The molecule has 1 heterocycles. The first-order valence-electron chi connectivity index (χ1n) is 8.08. The normalized spacial score (nSPS) is 21.2. The number of rotatable bonds is 6. The molecule has 0 bridgehead atoms. The van der Waals surface area contributed by atoms with E-state index in [0.717, 1.165) is 37.9 Å². The molecule has 0 aliphatic carbocycles. The minimum absolute atomic E-state index is 0.115. The lowest BCUT2D eigenvalue weighted by Crippen LogP contribution is -2.33. The standard InChI is InChI=1S/C18H28O3/c1-4-14(13-19)15-9-5-6-10-16(15)18(2,3)21-17-11-7-8-12-20-17/h5-6,9-10,14,17,19H,4,7-8,11-13H2,1-3H3. The summed E-state index contributed by atoms with van der Waals surface area (Å²) in [5, 5.41) is 9.63. The molecule has 21 heavy (non-hydrogen) atoms. The Bertz CT molecular complexity index is 432. The Hall–Kier alpha value is -0.900. The first-order chi connectivity index (χ1) is 10.1. The van der Waals surface area contributed by atoms with Crippen molar-refractivity contribution in [1.82, 2.24) is 0 Å². The molecule has 0 spiro atoms. The number of benzene rings is 1. The van der Waals surface area contributed by atoms with Crippen LogP contribution in [-0.2, 0) is 15.1 Å². The monoisotopic (exact) mass is 292 g/mol. The molecule has 1 N–H and O–H groups in total. The summed E-state index contributed by atoms with van der Waals surface area (Å²) in [7, 11) is 0. The minimum Gasteiger partial charge on any atom is -0.396 e. The van der Waals surface area contributed by atoms with E-state index in [1.807, 2.05) is 12.1 Å². The van der Waals surface area contributed by atoms with E-state index < -0.39 is 5.60 Å². The predicted molar refractivity (Wildman–Crippen MR) is 84.3 cm³/mol. The predicted octanol–water partition coefficient (Wildman–Crippen LogP) is 3.95. The largest absolute Gasteiger partial charge is 0.396 e. The van der Waals surface area contributed by atoms with Gasteiger partial charge in [0.25, 0.3) is 0 Å². The number of aliphatic hydroxyl groups excluding tert-OH is 1. The van der Waals surface area contributed by atoms with Gasteiger partial charge in [-0.25, -0.2) is 0 Å². The van der Waals surface area contributed by atoms with E-state index in [4.69, 9.17) is 9.47 Å². The number of hydrogen-bond donors (Lipinski definition) is 1. The van der Waals surface area contributed by atoms with Gasteiger partial charge in [0.1, 0.15) is 0 Å². The Morgan fingerprint density at radius 1 is 1.33 bits per heavy atom. The third-order valence-corrected chi connectivity index (χ3v) is 4.33. The molecule has 0 saturated carbocycles. The number of ether oxygens (including phenoxy) is 2. The molecule has 0 amide bonds. The van der Waals surface area contributed by atoms with Gasteiger partial charge in [0, 0.05) is 19.1 Å². The van der Waals surface area contributed by atoms with Crippen LogP contribution < -0.4 is 0 Å². The van der Waals surface area contributed by atoms with Gasteiger partial charge in [-0.05, 0) is 50.7 Å². The van der Waals surface area contributed by atoms with Crippen molar-refractivity contribution >= 4 is 0 Å². The molecule has 1 aromatic carbocycles. The Balaban J connectivity index is 2.21. The Morgan fingerprint density at radius 2 is 2.10 bits per heavy atom. The van der Waals surface area contributed by atoms with E-state index in [2.05, 4.69) is 32.9 Å².